The number of aliphatic hydroxyl groups is 1. The standard InChI is InChI=1S/C16H24INO3/c1-4-5-8-11-16(20,21-15(19)18-12(2)3)13-9-6-7-10-14(13)17/h6-7,9-10,12,20H,4-5,8,11H2,1-3H3,(H,18,19)/t16-/m0/s1. The van der Waals surface area contributed by atoms with Crippen molar-refractivity contribution < 1.29 is 14.6 Å². The number of nitrogens with one attached hydrogen (secondary N) is 1. The number of hydrogen-bond acceptors (Lipinski definition) is 3. The lowest BCUT2D eigenvalue weighted by Crippen LogP contribution is -2.40. The van der Waals surface area contributed by atoms with Crippen molar-refractivity contribution in [3.05, 3.63) is 33.4 Å². The maximum absolute atomic E-state index is 11.9. The third-order valence-electron chi connectivity index (χ3n) is 3.08. The van der Waals surface area contributed by atoms with Crippen LogP contribution in [-0.2, 0) is 10.5 Å². The highest BCUT2D eigenvalue weighted by molar-refractivity contribution is 14.1. The fourth-order valence-corrected chi connectivity index (χ4v) is 2.86. The van der Waals surface area contributed by atoms with E-state index in [2.05, 4.69) is 34.8 Å². The largest absolute Gasteiger partial charge is 0.413 e. The number of halogens is 1. The first-order valence-electron chi connectivity index (χ1n) is 7.36. The third kappa shape index (κ3) is 5.82. The summed E-state index contributed by atoms with van der Waals surface area (Å²) in [5.41, 5.74) is 0.639. The van der Waals surface area contributed by atoms with Gasteiger partial charge in [-0.15, -0.1) is 0 Å². The van der Waals surface area contributed by atoms with Crippen molar-refractivity contribution in [2.45, 2.75) is 58.3 Å². The highest BCUT2D eigenvalue weighted by Crippen LogP contribution is 2.32. The van der Waals surface area contributed by atoms with Crippen LogP contribution in [0.5, 0.6) is 0 Å². The number of amides is 1. The van der Waals surface area contributed by atoms with Gasteiger partial charge in [0.1, 0.15) is 0 Å². The zero-order chi connectivity index (χ0) is 15.9. The number of hydrogen-bond donors (Lipinski definition) is 2. The first-order valence-corrected chi connectivity index (χ1v) is 8.44. The second-order valence-electron chi connectivity index (χ2n) is 5.41. The van der Waals surface area contributed by atoms with Crippen LogP contribution in [0.3, 0.4) is 0 Å². The van der Waals surface area contributed by atoms with Crippen molar-refractivity contribution in [1.82, 2.24) is 5.32 Å². The van der Waals surface area contributed by atoms with Gasteiger partial charge in [0.15, 0.2) is 0 Å². The molecule has 0 aliphatic rings. The Labute approximate surface area is 140 Å². The predicted molar refractivity (Wildman–Crippen MR) is 92.0 cm³/mol. The second kappa shape index (κ2) is 8.58. The smallest absolute Gasteiger partial charge is 0.410 e. The van der Waals surface area contributed by atoms with Gasteiger partial charge in [0.2, 0.25) is 5.79 Å². The Morgan fingerprint density at radius 3 is 2.62 bits per heavy atom. The van der Waals surface area contributed by atoms with Gasteiger partial charge in [-0.05, 0) is 48.9 Å². The summed E-state index contributed by atoms with van der Waals surface area (Å²) in [6.07, 6.45) is 2.63. The molecule has 4 nitrogen and oxygen atoms in total. The summed E-state index contributed by atoms with van der Waals surface area (Å²) in [6.45, 7) is 5.80. The lowest BCUT2D eigenvalue weighted by Gasteiger charge is -2.29. The Bertz CT molecular complexity index is 465. The highest BCUT2D eigenvalue weighted by Gasteiger charge is 2.35. The van der Waals surface area contributed by atoms with Crippen LogP contribution < -0.4 is 5.32 Å². The average Bonchev–Trinajstić information content (AvgIpc) is 2.38. The molecular weight excluding hydrogens is 381 g/mol. The molecule has 118 valence electrons. The maximum atomic E-state index is 11.9. The molecule has 1 amide bonds. The lowest BCUT2D eigenvalue weighted by molar-refractivity contribution is -0.176. The van der Waals surface area contributed by atoms with Crippen molar-refractivity contribution in [2.75, 3.05) is 0 Å². The minimum absolute atomic E-state index is 0.0350. The lowest BCUT2D eigenvalue weighted by atomic mass is 9.99. The fourth-order valence-electron chi connectivity index (χ4n) is 2.05. The minimum atomic E-state index is -1.58. The van der Waals surface area contributed by atoms with Crippen molar-refractivity contribution >= 4 is 28.7 Å². The number of carbonyl (C=O) groups is 1. The molecule has 1 aromatic rings. The first kappa shape index (κ1) is 18.2. The molecule has 0 spiro atoms. The summed E-state index contributed by atoms with van der Waals surface area (Å²) in [4.78, 5) is 11.9. The molecular formula is C16H24INO3. The molecule has 0 saturated heterocycles. The Morgan fingerprint density at radius 2 is 2.05 bits per heavy atom. The van der Waals surface area contributed by atoms with Gasteiger partial charge in [-0.2, -0.15) is 0 Å². The van der Waals surface area contributed by atoms with Crippen LogP contribution in [0.25, 0.3) is 0 Å². The van der Waals surface area contributed by atoms with Gasteiger partial charge in [0, 0.05) is 21.6 Å². The molecule has 0 saturated carbocycles. The predicted octanol–water partition coefficient (Wildman–Crippen LogP) is 4.15. The van der Waals surface area contributed by atoms with E-state index < -0.39 is 11.9 Å². The van der Waals surface area contributed by atoms with Crippen LogP contribution >= 0.6 is 22.6 Å². The van der Waals surface area contributed by atoms with Crippen molar-refractivity contribution in [2.24, 2.45) is 0 Å². The van der Waals surface area contributed by atoms with Gasteiger partial charge in [-0.25, -0.2) is 4.79 Å². The summed E-state index contributed by atoms with van der Waals surface area (Å²) in [5, 5.41) is 13.5. The average molecular weight is 405 g/mol. The molecule has 2 N–H and O–H groups in total. The molecule has 0 aromatic heterocycles. The highest BCUT2D eigenvalue weighted by atomic mass is 127. The Kier molecular flexibility index (Phi) is 7.45. The zero-order valence-electron chi connectivity index (χ0n) is 12.9. The summed E-state index contributed by atoms with van der Waals surface area (Å²) in [7, 11) is 0. The number of unbranched alkanes of at least 4 members (excludes halogenated alkanes) is 2. The molecule has 1 atom stereocenters. The van der Waals surface area contributed by atoms with Gasteiger partial charge in [0.05, 0.1) is 0 Å². The van der Waals surface area contributed by atoms with Crippen molar-refractivity contribution in [1.29, 1.82) is 0 Å². The molecule has 0 unspecified atom stereocenters. The van der Waals surface area contributed by atoms with Crippen LogP contribution in [0, 0.1) is 3.57 Å². The number of carbonyl (C=O) groups excluding carboxylic acids is 1. The molecule has 21 heavy (non-hydrogen) atoms. The van der Waals surface area contributed by atoms with Crippen LogP contribution in [0.15, 0.2) is 24.3 Å². The van der Waals surface area contributed by atoms with Crippen LogP contribution in [0.2, 0.25) is 0 Å². The molecule has 0 radical (unpaired) electrons. The molecule has 1 rings (SSSR count). The Morgan fingerprint density at radius 1 is 1.38 bits per heavy atom. The number of rotatable bonds is 7. The Hall–Kier alpha value is -0.820. The molecule has 5 heteroatoms. The minimum Gasteiger partial charge on any atom is -0.413 e. The molecule has 0 fully saturated rings. The molecule has 1 aromatic carbocycles. The fraction of sp³-hybridized carbons (Fsp3) is 0.562. The summed E-state index contributed by atoms with van der Waals surface area (Å²) in [6, 6.07) is 7.39. The molecule has 0 aliphatic carbocycles. The third-order valence-corrected chi connectivity index (χ3v) is 4.02. The van der Waals surface area contributed by atoms with E-state index in [0.717, 1.165) is 22.8 Å². The molecule has 0 aliphatic heterocycles. The van der Waals surface area contributed by atoms with Crippen LogP contribution in [-0.4, -0.2) is 17.2 Å². The summed E-state index contributed by atoms with van der Waals surface area (Å²) >= 11 is 2.15. The van der Waals surface area contributed by atoms with E-state index in [9.17, 15) is 9.90 Å². The number of benzene rings is 1. The topological polar surface area (TPSA) is 58.6 Å². The van der Waals surface area contributed by atoms with Gasteiger partial charge in [-0.3, -0.25) is 0 Å². The SMILES string of the molecule is CCCCC[C@](O)(OC(=O)NC(C)C)c1ccccc1I. The van der Waals surface area contributed by atoms with E-state index in [1.165, 1.54) is 0 Å². The van der Waals surface area contributed by atoms with Crippen molar-refractivity contribution in [3.63, 3.8) is 0 Å². The normalized spacial score (nSPS) is 13.8. The van der Waals surface area contributed by atoms with E-state index in [0.29, 0.717) is 12.0 Å². The number of ether oxygens (including phenoxy) is 1. The summed E-state index contributed by atoms with van der Waals surface area (Å²) < 4.78 is 6.24. The molecule has 0 heterocycles. The van der Waals surface area contributed by atoms with Crippen LogP contribution in [0.4, 0.5) is 4.79 Å². The van der Waals surface area contributed by atoms with Crippen LogP contribution in [0.1, 0.15) is 52.0 Å². The monoisotopic (exact) mass is 405 g/mol. The summed E-state index contributed by atoms with van der Waals surface area (Å²) in [5.74, 6) is -1.58. The Balaban J connectivity index is 2.94. The van der Waals surface area contributed by atoms with Gasteiger partial charge >= 0.3 is 6.09 Å². The first-order chi connectivity index (χ1) is 9.89. The van der Waals surface area contributed by atoms with Gasteiger partial charge in [0.25, 0.3) is 0 Å². The van der Waals surface area contributed by atoms with E-state index in [1.54, 1.807) is 6.07 Å². The van der Waals surface area contributed by atoms with Gasteiger partial charge in [-0.1, -0.05) is 38.0 Å². The van der Waals surface area contributed by atoms with E-state index >= 15 is 0 Å². The zero-order valence-corrected chi connectivity index (χ0v) is 15.0. The number of alkyl carbamates (subject to hydrolysis) is 1. The maximum Gasteiger partial charge on any atom is 0.410 e. The van der Waals surface area contributed by atoms with E-state index in [1.807, 2.05) is 32.0 Å². The van der Waals surface area contributed by atoms with E-state index in [4.69, 9.17) is 4.74 Å². The van der Waals surface area contributed by atoms with E-state index in [-0.39, 0.29) is 6.04 Å². The van der Waals surface area contributed by atoms with Crippen molar-refractivity contribution in [3.8, 4) is 0 Å². The van der Waals surface area contributed by atoms with Gasteiger partial charge < -0.3 is 15.2 Å². The second-order valence-corrected chi connectivity index (χ2v) is 6.57. The molecule has 0 bridgehead atoms. The quantitative estimate of drug-likeness (QED) is 0.407.